The summed E-state index contributed by atoms with van der Waals surface area (Å²) in [4.78, 5) is 0. The molecule has 0 fully saturated rings. The molecule has 0 aliphatic carbocycles. The third-order valence-corrected chi connectivity index (χ3v) is 2.18. The summed E-state index contributed by atoms with van der Waals surface area (Å²) in [5.41, 5.74) is 6.80. The van der Waals surface area contributed by atoms with Crippen LogP contribution in [0.2, 0.25) is 0 Å². The number of rotatable bonds is 6. The van der Waals surface area contributed by atoms with Gasteiger partial charge in [-0.25, -0.2) is 0 Å². The Balaban J connectivity index is 2.56. The van der Waals surface area contributed by atoms with Crippen LogP contribution in [0.4, 0.5) is 0 Å². The van der Waals surface area contributed by atoms with Crippen LogP contribution in [0.1, 0.15) is 18.6 Å². The van der Waals surface area contributed by atoms with Gasteiger partial charge in [0.25, 0.3) is 0 Å². The van der Waals surface area contributed by atoms with E-state index in [-0.39, 0.29) is 12.2 Å². The van der Waals surface area contributed by atoms with Crippen molar-refractivity contribution in [3.05, 3.63) is 35.9 Å². The van der Waals surface area contributed by atoms with E-state index >= 15 is 0 Å². The SMILES string of the molecule is COCC(C)OC(CN)c1ccccc1. The Hall–Kier alpha value is -0.900. The lowest BCUT2D eigenvalue weighted by molar-refractivity contribution is -0.0362. The van der Waals surface area contributed by atoms with Gasteiger partial charge in [-0.1, -0.05) is 30.3 Å². The van der Waals surface area contributed by atoms with Gasteiger partial charge in [0, 0.05) is 13.7 Å². The molecule has 3 nitrogen and oxygen atoms in total. The van der Waals surface area contributed by atoms with Crippen LogP contribution in [-0.4, -0.2) is 26.4 Å². The van der Waals surface area contributed by atoms with E-state index < -0.39 is 0 Å². The Morgan fingerprint density at radius 2 is 1.93 bits per heavy atom. The van der Waals surface area contributed by atoms with E-state index in [2.05, 4.69) is 0 Å². The standard InChI is InChI=1S/C12H19NO2/c1-10(9-14-2)15-12(8-13)11-6-4-3-5-7-11/h3-7,10,12H,8-9,13H2,1-2H3. The van der Waals surface area contributed by atoms with E-state index in [1.165, 1.54) is 0 Å². The molecular formula is C12H19NO2. The molecule has 0 aliphatic rings. The van der Waals surface area contributed by atoms with E-state index in [1.807, 2.05) is 37.3 Å². The van der Waals surface area contributed by atoms with Crippen molar-refractivity contribution in [2.45, 2.75) is 19.1 Å². The molecule has 0 bridgehead atoms. The molecule has 0 saturated heterocycles. The third-order valence-electron chi connectivity index (χ3n) is 2.18. The Kier molecular flexibility index (Phi) is 5.32. The molecule has 0 aromatic heterocycles. The zero-order valence-corrected chi connectivity index (χ0v) is 9.35. The van der Waals surface area contributed by atoms with Gasteiger partial charge >= 0.3 is 0 Å². The van der Waals surface area contributed by atoms with Crippen LogP contribution in [-0.2, 0) is 9.47 Å². The topological polar surface area (TPSA) is 44.5 Å². The minimum Gasteiger partial charge on any atom is -0.382 e. The molecule has 0 aliphatic heterocycles. The number of ether oxygens (including phenoxy) is 2. The summed E-state index contributed by atoms with van der Waals surface area (Å²) in [6.45, 7) is 3.05. The molecule has 0 saturated carbocycles. The molecule has 0 heterocycles. The highest BCUT2D eigenvalue weighted by atomic mass is 16.5. The molecule has 2 N–H and O–H groups in total. The zero-order valence-electron chi connectivity index (χ0n) is 9.35. The number of benzene rings is 1. The number of hydrogen-bond donors (Lipinski definition) is 1. The van der Waals surface area contributed by atoms with E-state index in [4.69, 9.17) is 15.2 Å². The normalized spacial score (nSPS) is 14.9. The van der Waals surface area contributed by atoms with Gasteiger partial charge in [0.15, 0.2) is 0 Å². The molecule has 2 atom stereocenters. The van der Waals surface area contributed by atoms with Crippen molar-refractivity contribution in [1.29, 1.82) is 0 Å². The van der Waals surface area contributed by atoms with Crippen LogP contribution < -0.4 is 5.73 Å². The Labute approximate surface area is 91.2 Å². The minimum absolute atomic E-state index is 0.0450. The largest absolute Gasteiger partial charge is 0.382 e. The van der Waals surface area contributed by atoms with Crippen molar-refractivity contribution in [3.63, 3.8) is 0 Å². The first-order valence-electron chi connectivity index (χ1n) is 5.17. The minimum atomic E-state index is -0.0450. The van der Waals surface area contributed by atoms with Gasteiger partial charge < -0.3 is 15.2 Å². The summed E-state index contributed by atoms with van der Waals surface area (Å²) >= 11 is 0. The smallest absolute Gasteiger partial charge is 0.0951 e. The van der Waals surface area contributed by atoms with Gasteiger partial charge in [-0.2, -0.15) is 0 Å². The van der Waals surface area contributed by atoms with Gasteiger partial charge in [-0.3, -0.25) is 0 Å². The molecule has 15 heavy (non-hydrogen) atoms. The second kappa shape index (κ2) is 6.56. The van der Waals surface area contributed by atoms with Crippen LogP contribution in [0.5, 0.6) is 0 Å². The van der Waals surface area contributed by atoms with Crippen molar-refractivity contribution in [2.75, 3.05) is 20.3 Å². The molecule has 1 aromatic rings. The van der Waals surface area contributed by atoms with Crippen molar-refractivity contribution < 1.29 is 9.47 Å². The molecule has 1 aromatic carbocycles. The third kappa shape index (κ3) is 4.00. The molecule has 0 spiro atoms. The molecule has 1 rings (SSSR count). The van der Waals surface area contributed by atoms with Gasteiger partial charge in [0.05, 0.1) is 18.8 Å². The highest BCUT2D eigenvalue weighted by Gasteiger charge is 2.13. The van der Waals surface area contributed by atoms with E-state index in [1.54, 1.807) is 7.11 Å². The fourth-order valence-electron chi connectivity index (χ4n) is 1.49. The molecule has 2 unspecified atom stereocenters. The monoisotopic (exact) mass is 209 g/mol. The first-order chi connectivity index (χ1) is 7.27. The summed E-state index contributed by atoms with van der Waals surface area (Å²) < 4.78 is 10.8. The molecule has 3 heteroatoms. The second-order valence-corrected chi connectivity index (χ2v) is 3.54. The van der Waals surface area contributed by atoms with Crippen LogP contribution in [0.15, 0.2) is 30.3 Å². The quantitative estimate of drug-likeness (QED) is 0.776. The summed E-state index contributed by atoms with van der Waals surface area (Å²) in [5, 5.41) is 0. The first-order valence-corrected chi connectivity index (χ1v) is 5.17. The van der Waals surface area contributed by atoms with Crippen LogP contribution in [0, 0.1) is 0 Å². The maximum absolute atomic E-state index is 5.78. The first kappa shape index (κ1) is 12.2. The molecule has 0 amide bonds. The molecule has 84 valence electrons. The maximum Gasteiger partial charge on any atom is 0.0951 e. The molecular weight excluding hydrogens is 190 g/mol. The van der Waals surface area contributed by atoms with Crippen LogP contribution >= 0.6 is 0 Å². The van der Waals surface area contributed by atoms with Gasteiger partial charge in [0.1, 0.15) is 0 Å². The van der Waals surface area contributed by atoms with Crippen LogP contribution in [0.3, 0.4) is 0 Å². The Morgan fingerprint density at radius 1 is 1.27 bits per heavy atom. The van der Waals surface area contributed by atoms with Crippen molar-refractivity contribution in [1.82, 2.24) is 0 Å². The van der Waals surface area contributed by atoms with Crippen LogP contribution in [0.25, 0.3) is 0 Å². The maximum atomic E-state index is 5.78. The van der Waals surface area contributed by atoms with E-state index in [9.17, 15) is 0 Å². The lowest BCUT2D eigenvalue weighted by Gasteiger charge is -2.21. The van der Waals surface area contributed by atoms with Gasteiger partial charge in [-0.05, 0) is 12.5 Å². The zero-order chi connectivity index (χ0) is 11.1. The lowest BCUT2D eigenvalue weighted by atomic mass is 10.1. The summed E-state index contributed by atoms with van der Waals surface area (Å²) in [6.07, 6.45) is 0.0140. The van der Waals surface area contributed by atoms with Gasteiger partial charge in [0.2, 0.25) is 0 Å². The van der Waals surface area contributed by atoms with Crippen molar-refractivity contribution in [3.8, 4) is 0 Å². The summed E-state index contributed by atoms with van der Waals surface area (Å²) in [7, 11) is 1.67. The summed E-state index contributed by atoms with van der Waals surface area (Å²) in [6, 6.07) is 10.0. The highest BCUT2D eigenvalue weighted by Crippen LogP contribution is 2.17. The molecule has 0 radical (unpaired) electrons. The average Bonchev–Trinajstić information content (AvgIpc) is 2.27. The Bertz CT molecular complexity index is 264. The fraction of sp³-hybridized carbons (Fsp3) is 0.500. The van der Waals surface area contributed by atoms with Crippen molar-refractivity contribution in [2.24, 2.45) is 5.73 Å². The second-order valence-electron chi connectivity index (χ2n) is 3.54. The summed E-state index contributed by atoms with van der Waals surface area (Å²) in [5.74, 6) is 0. The van der Waals surface area contributed by atoms with Gasteiger partial charge in [-0.15, -0.1) is 0 Å². The number of methoxy groups -OCH3 is 1. The van der Waals surface area contributed by atoms with Crippen molar-refractivity contribution >= 4 is 0 Å². The number of hydrogen-bond acceptors (Lipinski definition) is 3. The lowest BCUT2D eigenvalue weighted by Crippen LogP contribution is -2.23. The number of nitrogens with two attached hydrogens (primary N) is 1. The predicted molar refractivity (Wildman–Crippen MR) is 60.7 cm³/mol. The highest BCUT2D eigenvalue weighted by molar-refractivity contribution is 5.17. The van der Waals surface area contributed by atoms with E-state index in [0.717, 1.165) is 5.56 Å². The van der Waals surface area contributed by atoms with E-state index in [0.29, 0.717) is 13.2 Å². The average molecular weight is 209 g/mol. The fourth-order valence-corrected chi connectivity index (χ4v) is 1.49. The predicted octanol–water partition coefficient (Wildman–Crippen LogP) is 1.74. The Morgan fingerprint density at radius 3 is 2.47 bits per heavy atom.